The smallest absolute Gasteiger partial charge is 0.187 e. The molecular weight excluding hydrogens is 247 g/mol. The summed E-state index contributed by atoms with van der Waals surface area (Å²) in [6.07, 6.45) is 5.07. The van der Waals surface area contributed by atoms with Crippen LogP contribution in [0.4, 0.5) is 10.2 Å². The highest BCUT2D eigenvalue weighted by Gasteiger charge is 2.14. The maximum absolute atomic E-state index is 13.2. The first-order valence-electron chi connectivity index (χ1n) is 6.00. The average Bonchev–Trinajstić information content (AvgIpc) is 2.44. The van der Waals surface area contributed by atoms with Crippen LogP contribution < -0.4 is 10.1 Å². The molecule has 6 heteroatoms. The third-order valence-corrected chi connectivity index (χ3v) is 2.53. The highest BCUT2D eigenvalue weighted by molar-refractivity contribution is 5.71. The quantitative estimate of drug-likeness (QED) is 0.897. The first-order valence-corrected chi connectivity index (χ1v) is 6.00. The normalized spacial score (nSPS) is 10.3. The Morgan fingerprint density at radius 2 is 2.16 bits per heavy atom. The maximum atomic E-state index is 13.2. The van der Waals surface area contributed by atoms with Crippen LogP contribution in [0.5, 0.6) is 5.75 Å². The van der Waals surface area contributed by atoms with Crippen molar-refractivity contribution < 1.29 is 9.13 Å². The molecule has 0 unspecified atom stereocenters. The second-order valence-electron chi connectivity index (χ2n) is 3.92. The number of aromatic nitrogens is 3. The lowest BCUT2D eigenvalue weighted by Gasteiger charge is -2.12. The Kier molecular flexibility index (Phi) is 4.22. The van der Waals surface area contributed by atoms with Crippen LogP contribution in [-0.2, 0) is 0 Å². The molecule has 0 bridgehead atoms. The van der Waals surface area contributed by atoms with Crippen LogP contribution in [0.1, 0.15) is 13.3 Å². The Balaban J connectivity index is 2.45. The first-order chi connectivity index (χ1) is 9.26. The Morgan fingerprint density at radius 1 is 1.32 bits per heavy atom. The summed E-state index contributed by atoms with van der Waals surface area (Å²) in [5, 5.41) is 3.15. The van der Waals surface area contributed by atoms with E-state index in [4.69, 9.17) is 4.74 Å². The van der Waals surface area contributed by atoms with Crippen molar-refractivity contribution in [3.05, 3.63) is 30.6 Å². The highest BCUT2D eigenvalue weighted by atomic mass is 19.1. The second-order valence-corrected chi connectivity index (χ2v) is 3.92. The van der Waals surface area contributed by atoms with Gasteiger partial charge in [0.2, 0.25) is 0 Å². The molecule has 0 aliphatic rings. The number of ether oxygens (including phenoxy) is 1. The zero-order chi connectivity index (χ0) is 13.7. The zero-order valence-electron chi connectivity index (χ0n) is 10.9. The fourth-order valence-corrected chi connectivity index (χ4v) is 1.68. The van der Waals surface area contributed by atoms with Gasteiger partial charge in [-0.1, -0.05) is 6.92 Å². The number of nitrogens with zero attached hydrogens (tertiary/aromatic N) is 3. The van der Waals surface area contributed by atoms with Gasteiger partial charge in [-0.25, -0.2) is 14.4 Å². The molecular formula is C13H15FN4O. The van der Waals surface area contributed by atoms with E-state index in [1.54, 1.807) is 0 Å². The third-order valence-electron chi connectivity index (χ3n) is 2.53. The first kappa shape index (κ1) is 13.2. The van der Waals surface area contributed by atoms with Crippen molar-refractivity contribution in [2.75, 3.05) is 19.0 Å². The molecule has 0 aliphatic heterocycles. The van der Waals surface area contributed by atoms with Gasteiger partial charge in [0.05, 0.1) is 13.3 Å². The molecule has 0 saturated carbocycles. The fraction of sp³-hybridized carbons (Fsp3) is 0.308. The molecule has 1 N–H and O–H groups in total. The van der Waals surface area contributed by atoms with E-state index in [9.17, 15) is 4.39 Å². The number of rotatable bonds is 5. The van der Waals surface area contributed by atoms with E-state index >= 15 is 0 Å². The number of pyridine rings is 1. The molecule has 0 aromatic carbocycles. The second kappa shape index (κ2) is 6.08. The highest BCUT2D eigenvalue weighted by Crippen LogP contribution is 2.32. The van der Waals surface area contributed by atoms with E-state index in [1.807, 2.05) is 0 Å². The molecule has 0 atom stereocenters. The molecule has 19 heavy (non-hydrogen) atoms. The lowest BCUT2D eigenvalue weighted by atomic mass is 10.2. The van der Waals surface area contributed by atoms with Crippen LogP contribution in [0.2, 0.25) is 0 Å². The Hall–Kier alpha value is -2.24. The molecule has 100 valence electrons. The summed E-state index contributed by atoms with van der Waals surface area (Å²) in [5.74, 6) is 0.670. The van der Waals surface area contributed by atoms with Crippen LogP contribution >= 0.6 is 0 Å². The molecule has 5 nitrogen and oxygen atoms in total. The number of anilines is 1. The van der Waals surface area contributed by atoms with Gasteiger partial charge in [-0.15, -0.1) is 0 Å². The summed E-state index contributed by atoms with van der Waals surface area (Å²) in [6.45, 7) is 2.83. The SMILES string of the molecule is CCCNc1ncnc(-c2cncc(F)c2)c1OC. The average molecular weight is 262 g/mol. The van der Waals surface area contributed by atoms with E-state index < -0.39 is 5.82 Å². The molecule has 2 heterocycles. The van der Waals surface area contributed by atoms with Crippen molar-refractivity contribution in [3.8, 4) is 17.0 Å². The predicted octanol–water partition coefficient (Wildman–Crippen LogP) is 2.51. The minimum absolute atomic E-state index is 0.416. The standard InChI is InChI=1S/C13H15FN4O/c1-3-4-16-13-12(19-2)11(17-8-18-13)9-5-10(14)7-15-6-9/h5-8H,3-4H2,1-2H3,(H,16,17,18). The lowest BCUT2D eigenvalue weighted by molar-refractivity contribution is 0.414. The summed E-state index contributed by atoms with van der Waals surface area (Å²) < 4.78 is 18.6. The molecule has 2 rings (SSSR count). The van der Waals surface area contributed by atoms with Crippen molar-refractivity contribution >= 4 is 5.82 Å². The van der Waals surface area contributed by atoms with Gasteiger partial charge in [-0.2, -0.15) is 0 Å². The molecule has 0 aliphatic carbocycles. The molecule has 0 saturated heterocycles. The van der Waals surface area contributed by atoms with Crippen LogP contribution in [0.3, 0.4) is 0 Å². The molecule has 0 fully saturated rings. The maximum Gasteiger partial charge on any atom is 0.187 e. The van der Waals surface area contributed by atoms with E-state index in [1.165, 1.54) is 25.7 Å². The summed E-state index contributed by atoms with van der Waals surface area (Å²) >= 11 is 0. The minimum Gasteiger partial charge on any atom is -0.491 e. The van der Waals surface area contributed by atoms with Crippen molar-refractivity contribution in [1.82, 2.24) is 15.0 Å². The fourth-order valence-electron chi connectivity index (χ4n) is 1.68. The minimum atomic E-state index is -0.416. The number of hydrogen-bond donors (Lipinski definition) is 1. The van der Waals surface area contributed by atoms with Gasteiger partial charge in [0, 0.05) is 18.3 Å². The van der Waals surface area contributed by atoms with Crippen LogP contribution in [0, 0.1) is 5.82 Å². The Morgan fingerprint density at radius 3 is 2.84 bits per heavy atom. The largest absolute Gasteiger partial charge is 0.491 e. The topological polar surface area (TPSA) is 59.9 Å². The van der Waals surface area contributed by atoms with Gasteiger partial charge in [-0.3, -0.25) is 4.98 Å². The predicted molar refractivity (Wildman–Crippen MR) is 70.6 cm³/mol. The van der Waals surface area contributed by atoms with Crippen molar-refractivity contribution in [2.24, 2.45) is 0 Å². The Bertz CT molecular complexity index is 562. The van der Waals surface area contributed by atoms with Gasteiger partial charge >= 0.3 is 0 Å². The zero-order valence-corrected chi connectivity index (χ0v) is 10.9. The molecule has 0 amide bonds. The van der Waals surface area contributed by atoms with Gasteiger partial charge < -0.3 is 10.1 Å². The van der Waals surface area contributed by atoms with Crippen molar-refractivity contribution in [3.63, 3.8) is 0 Å². The molecule has 2 aromatic heterocycles. The van der Waals surface area contributed by atoms with Gasteiger partial charge in [-0.05, 0) is 12.5 Å². The number of hydrogen-bond acceptors (Lipinski definition) is 5. The number of nitrogens with one attached hydrogen (secondary N) is 1. The molecule has 0 radical (unpaired) electrons. The third kappa shape index (κ3) is 2.96. The van der Waals surface area contributed by atoms with E-state index in [-0.39, 0.29) is 0 Å². The van der Waals surface area contributed by atoms with Crippen LogP contribution in [0.25, 0.3) is 11.3 Å². The monoisotopic (exact) mass is 262 g/mol. The van der Waals surface area contributed by atoms with Crippen molar-refractivity contribution in [1.29, 1.82) is 0 Å². The van der Waals surface area contributed by atoms with E-state index in [0.717, 1.165) is 19.2 Å². The summed E-state index contributed by atoms with van der Waals surface area (Å²) in [4.78, 5) is 12.1. The van der Waals surface area contributed by atoms with E-state index in [2.05, 4.69) is 27.2 Å². The van der Waals surface area contributed by atoms with Crippen molar-refractivity contribution in [2.45, 2.75) is 13.3 Å². The Labute approximate surface area is 110 Å². The molecule has 2 aromatic rings. The number of methoxy groups -OCH3 is 1. The van der Waals surface area contributed by atoms with Gasteiger partial charge in [0.1, 0.15) is 17.8 Å². The van der Waals surface area contributed by atoms with Gasteiger partial charge in [0.25, 0.3) is 0 Å². The molecule has 0 spiro atoms. The summed E-state index contributed by atoms with van der Waals surface area (Å²) in [5.41, 5.74) is 1.07. The van der Waals surface area contributed by atoms with E-state index in [0.29, 0.717) is 22.8 Å². The van der Waals surface area contributed by atoms with Crippen LogP contribution in [0.15, 0.2) is 24.8 Å². The number of halogens is 1. The lowest BCUT2D eigenvalue weighted by Crippen LogP contribution is -2.06. The van der Waals surface area contributed by atoms with Crippen LogP contribution in [-0.4, -0.2) is 28.6 Å². The van der Waals surface area contributed by atoms with Gasteiger partial charge in [0.15, 0.2) is 11.6 Å². The summed E-state index contributed by atoms with van der Waals surface area (Å²) in [7, 11) is 1.53. The summed E-state index contributed by atoms with van der Waals surface area (Å²) in [6, 6.07) is 1.36.